The first-order valence-corrected chi connectivity index (χ1v) is 7.26. The smallest absolute Gasteiger partial charge is 0.0166 e. The number of rotatable bonds is 6. The summed E-state index contributed by atoms with van der Waals surface area (Å²) in [6, 6.07) is 0.482. The van der Waals surface area contributed by atoms with Crippen LogP contribution in [0.3, 0.4) is 0 Å². The minimum Gasteiger partial charge on any atom is -0.327 e. The van der Waals surface area contributed by atoms with Crippen LogP contribution in [0.25, 0.3) is 0 Å². The second-order valence-corrected chi connectivity index (χ2v) is 5.69. The third kappa shape index (κ3) is 3.82. The summed E-state index contributed by atoms with van der Waals surface area (Å²) in [5, 5.41) is 0. The van der Waals surface area contributed by atoms with E-state index in [1.165, 1.54) is 43.6 Å². The maximum Gasteiger partial charge on any atom is 0.0166 e. The van der Waals surface area contributed by atoms with Crippen LogP contribution in [0.15, 0.2) is 0 Å². The van der Waals surface area contributed by atoms with E-state index in [1.54, 1.807) is 0 Å². The summed E-state index contributed by atoms with van der Waals surface area (Å²) in [6.45, 7) is 4.61. The van der Waals surface area contributed by atoms with Gasteiger partial charge in [0, 0.05) is 11.8 Å². The highest BCUT2D eigenvalue weighted by Gasteiger charge is 2.26. The van der Waals surface area contributed by atoms with Crippen molar-refractivity contribution in [3.05, 3.63) is 0 Å². The Morgan fingerprint density at radius 1 is 1.36 bits per heavy atom. The molecule has 1 aliphatic rings. The van der Waals surface area contributed by atoms with E-state index in [0.29, 0.717) is 6.04 Å². The van der Waals surface area contributed by atoms with Gasteiger partial charge in [0.15, 0.2) is 0 Å². The predicted molar refractivity (Wildman–Crippen MR) is 66.7 cm³/mol. The maximum atomic E-state index is 6.09. The number of hydrogen-bond acceptors (Lipinski definition) is 2. The Labute approximate surface area is 93.2 Å². The number of hydrogen-bond donors (Lipinski definition) is 1. The summed E-state index contributed by atoms with van der Waals surface area (Å²) in [5.74, 6) is 4.24. The van der Waals surface area contributed by atoms with Crippen LogP contribution < -0.4 is 5.73 Å². The lowest BCUT2D eigenvalue weighted by Gasteiger charge is -2.21. The van der Waals surface area contributed by atoms with E-state index >= 15 is 0 Å². The fourth-order valence-corrected chi connectivity index (χ4v) is 3.63. The molecular formula is C12H25NS. The van der Waals surface area contributed by atoms with Gasteiger partial charge in [-0.3, -0.25) is 0 Å². The minimum absolute atomic E-state index is 0.482. The Hall–Kier alpha value is 0.310. The summed E-state index contributed by atoms with van der Waals surface area (Å²) in [6.07, 6.45) is 6.87. The van der Waals surface area contributed by atoms with E-state index in [-0.39, 0.29) is 0 Å². The third-order valence-corrected chi connectivity index (χ3v) is 4.71. The first-order chi connectivity index (χ1) is 6.77. The van der Waals surface area contributed by atoms with Gasteiger partial charge in [-0.1, -0.05) is 39.5 Å². The predicted octanol–water partition coefficient (Wildman–Crippen LogP) is 3.28. The van der Waals surface area contributed by atoms with Gasteiger partial charge in [-0.05, 0) is 24.0 Å². The van der Waals surface area contributed by atoms with Gasteiger partial charge < -0.3 is 5.73 Å². The zero-order valence-electron chi connectivity index (χ0n) is 9.67. The summed E-state index contributed by atoms with van der Waals surface area (Å²) >= 11 is 2.04. The molecule has 0 radical (unpaired) electrons. The van der Waals surface area contributed by atoms with Gasteiger partial charge in [-0.2, -0.15) is 11.8 Å². The summed E-state index contributed by atoms with van der Waals surface area (Å²) in [7, 11) is 0. The zero-order valence-corrected chi connectivity index (χ0v) is 10.5. The van der Waals surface area contributed by atoms with E-state index in [9.17, 15) is 0 Å². The Kier molecular flexibility index (Phi) is 5.95. The second kappa shape index (κ2) is 6.73. The maximum absolute atomic E-state index is 6.09. The Morgan fingerprint density at radius 2 is 2.14 bits per heavy atom. The zero-order chi connectivity index (χ0) is 10.4. The van der Waals surface area contributed by atoms with Crippen LogP contribution in [0.1, 0.15) is 46.0 Å². The fraction of sp³-hybridized carbons (Fsp3) is 1.00. The van der Waals surface area contributed by atoms with Crippen LogP contribution in [0.5, 0.6) is 0 Å². The Bertz CT molecular complexity index is 149. The fourth-order valence-electron chi connectivity index (χ4n) is 2.27. The van der Waals surface area contributed by atoms with Crippen LogP contribution in [0.2, 0.25) is 0 Å². The van der Waals surface area contributed by atoms with Gasteiger partial charge >= 0.3 is 0 Å². The van der Waals surface area contributed by atoms with Crippen molar-refractivity contribution in [1.29, 1.82) is 0 Å². The summed E-state index contributed by atoms with van der Waals surface area (Å²) < 4.78 is 0. The molecule has 0 amide bonds. The van der Waals surface area contributed by atoms with Crippen molar-refractivity contribution in [2.75, 3.05) is 11.5 Å². The molecule has 14 heavy (non-hydrogen) atoms. The summed E-state index contributed by atoms with van der Waals surface area (Å²) in [4.78, 5) is 0. The molecular weight excluding hydrogens is 190 g/mol. The Morgan fingerprint density at radius 3 is 2.64 bits per heavy atom. The molecule has 0 saturated carbocycles. The highest BCUT2D eigenvalue weighted by molar-refractivity contribution is 7.99. The molecule has 2 heteroatoms. The van der Waals surface area contributed by atoms with Crippen LogP contribution in [-0.2, 0) is 0 Å². The molecule has 0 aromatic rings. The number of nitrogens with two attached hydrogens (primary N) is 1. The van der Waals surface area contributed by atoms with E-state index < -0.39 is 0 Å². The van der Waals surface area contributed by atoms with Crippen LogP contribution >= 0.6 is 11.8 Å². The first-order valence-electron chi connectivity index (χ1n) is 6.11. The molecule has 1 rings (SSSR count). The topological polar surface area (TPSA) is 26.0 Å². The molecule has 0 aromatic heterocycles. The molecule has 1 aliphatic heterocycles. The van der Waals surface area contributed by atoms with Crippen LogP contribution in [-0.4, -0.2) is 17.5 Å². The van der Waals surface area contributed by atoms with Crippen LogP contribution in [0.4, 0.5) is 0 Å². The number of unbranched alkanes of at least 4 members (excludes halogenated alkanes) is 1. The van der Waals surface area contributed by atoms with Crippen molar-refractivity contribution >= 4 is 11.8 Å². The average Bonchev–Trinajstić information content (AvgIpc) is 2.59. The largest absolute Gasteiger partial charge is 0.327 e. The Balaban J connectivity index is 2.24. The SMILES string of the molecule is CCCCC(CC)CC1CSCC1N. The van der Waals surface area contributed by atoms with Gasteiger partial charge in [0.25, 0.3) is 0 Å². The lowest BCUT2D eigenvalue weighted by Crippen LogP contribution is -2.29. The first kappa shape index (κ1) is 12.4. The van der Waals surface area contributed by atoms with Gasteiger partial charge in [0.05, 0.1) is 0 Å². The van der Waals surface area contributed by atoms with E-state index in [2.05, 4.69) is 13.8 Å². The molecule has 84 valence electrons. The molecule has 0 aliphatic carbocycles. The van der Waals surface area contributed by atoms with Gasteiger partial charge in [-0.15, -0.1) is 0 Å². The van der Waals surface area contributed by atoms with Crippen molar-refractivity contribution in [1.82, 2.24) is 0 Å². The summed E-state index contributed by atoms with van der Waals surface area (Å²) in [5.41, 5.74) is 6.09. The molecule has 0 spiro atoms. The van der Waals surface area contributed by atoms with Crippen molar-refractivity contribution in [3.63, 3.8) is 0 Å². The van der Waals surface area contributed by atoms with Gasteiger partial charge in [0.1, 0.15) is 0 Å². The van der Waals surface area contributed by atoms with E-state index in [0.717, 1.165) is 11.8 Å². The molecule has 3 atom stereocenters. The lowest BCUT2D eigenvalue weighted by atomic mass is 9.87. The van der Waals surface area contributed by atoms with Gasteiger partial charge in [-0.25, -0.2) is 0 Å². The quantitative estimate of drug-likeness (QED) is 0.736. The standard InChI is InChI=1S/C12H25NS/c1-3-5-6-10(4-2)7-11-8-14-9-12(11)13/h10-12H,3-9,13H2,1-2H3. The van der Waals surface area contributed by atoms with E-state index in [1.807, 2.05) is 11.8 Å². The number of thioether (sulfide) groups is 1. The van der Waals surface area contributed by atoms with Crippen molar-refractivity contribution in [3.8, 4) is 0 Å². The van der Waals surface area contributed by atoms with Crippen LogP contribution in [0, 0.1) is 11.8 Å². The lowest BCUT2D eigenvalue weighted by molar-refractivity contribution is 0.337. The average molecular weight is 215 g/mol. The van der Waals surface area contributed by atoms with Crippen molar-refractivity contribution < 1.29 is 0 Å². The van der Waals surface area contributed by atoms with Gasteiger partial charge in [0.2, 0.25) is 0 Å². The monoisotopic (exact) mass is 215 g/mol. The molecule has 1 saturated heterocycles. The van der Waals surface area contributed by atoms with Crippen molar-refractivity contribution in [2.45, 2.75) is 52.0 Å². The normalized spacial score (nSPS) is 29.4. The molecule has 1 nitrogen and oxygen atoms in total. The molecule has 1 fully saturated rings. The highest BCUT2D eigenvalue weighted by Crippen LogP contribution is 2.31. The second-order valence-electron chi connectivity index (χ2n) is 4.61. The molecule has 3 unspecified atom stereocenters. The highest BCUT2D eigenvalue weighted by atomic mass is 32.2. The molecule has 0 bridgehead atoms. The third-order valence-electron chi connectivity index (χ3n) is 3.43. The molecule has 2 N–H and O–H groups in total. The molecule has 1 heterocycles. The molecule has 0 aromatic carbocycles. The van der Waals surface area contributed by atoms with E-state index in [4.69, 9.17) is 5.73 Å². The van der Waals surface area contributed by atoms with Crippen molar-refractivity contribution in [2.24, 2.45) is 17.6 Å². The minimum atomic E-state index is 0.482.